The summed E-state index contributed by atoms with van der Waals surface area (Å²) in [5.41, 5.74) is 0.823. The molecule has 8 heteroatoms. The Kier molecular flexibility index (Phi) is 3.83. The smallest absolute Gasteiger partial charge is 0.348 e. The maximum Gasteiger partial charge on any atom is 0.348 e. The van der Waals surface area contributed by atoms with Crippen LogP contribution in [0.5, 0.6) is 5.75 Å². The van der Waals surface area contributed by atoms with Crippen molar-refractivity contribution in [2.75, 3.05) is 0 Å². The molecule has 0 fully saturated rings. The Morgan fingerprint density at radius 3 is 2.48 bits per heavy atom. The van der Waals surface area contributed by atoms with Crippen molar-refractivity contribution in [3.8, 4) is 11.4 Å². The van der Waals surface area contributed by atoms with Crippen molar-refractivity contribution in [2.45, 2.75) is 4.21 Å². The Morgan fingerprint density at radius 2 is 1.90 bits per heavy atom. The van der Waals surface area contributed by atoms with Crippen LogP contribution in [-0.2, 0) is 10.1 Å². The summed E-state index contributed by atoms with van der Waals surface area (Å²) in [5.74, 6) is 0.260. The van der Waals surface area contributed by atoms with Gasteiger partial charge in [-0.15, -0.1) is 11.3 Å². The zero-order valence-corrected chi connectivity index (χ0v) is 13.7. The SMILES string of the molecule is O=S(=O)(Oc1ccc(-n2cccn2)cc1)c1ccc(Br)s1. The average molecular weight is 385 g/mol. The third kappa shape index (κ3) is 3.17. The molecule has 0 N–H and O–H groups in total. The van der Waals surface area contributed by atoms with Gasteiger partial charge in [-0.25, -0.2) is 4.68 Å². The van der Waals surface area contributed by atoms with Gasteiger partial charge in [0.15, 0.2) is 4.21 Å². The summed E-state index contributed by atoms with van der Waals surface area (Å²) in [7, 11) is -3.79. The number of rotatable bonds is 4. The summed E-state index contributed by atoms with van der Waals surface area (Å²) in [4.78, 5) is 0. The van der Waals surface area contributed by atoms with Crippen molar-refractivity contribution in [3.63, 3.8) is 0 Å². The molecule has 0 aliphatic rings. The van der Waals surface area contributed by atoms with Gasteiger partial charge in [-0.1, -0.05) is 0 Å². The lowest BCUT2D eigenvalue weighted by Crippen LogP contribution is -2.08. The van der Waals surface area contributed by atoms with Gasteiger partial charge >= 0.3 is 10.1 Å². The van der Waals surface area contributed by atoms with E-state index < -0.39 is 10.1 Å². The number of thiophene rings is 1. The largest absolute Gasteiger partial charge is 0.378 e. The van der Waals surface area contributed by atoms with Crippen molar-refractivity contribution < 1.29 is 12.6 Å². The molecule has 0 unspecified atom stereocenters. The zero-order chi connectivity index (χ0) is 14.9. The molecule has 1 aromatic carbocycles. The van der Waals surface area contributed by atoms with Crippen molar-refractivity contribution >= 4 is 37.4 Å². The van der Waals surface area contributed by atoms with Crippen LogP contribution in [0.1, 0.15) is 0 Å². The van der Waals surface area contributed by atoms with Crippen LogP contribution < -0.4 is 4.18 Å². The number of aromatic nitrogens is 2. The molecular weight excluding hydrogens is 376 g/mol. The lowest BCUT2D eigenvalue weighted by molar-refractivity contribution is 0.488. The van der Waals surface area contributed by atoms with Crippen LogP contribution in [0, 0.1) is 0 Å². The highest BCUT2D eigenvalue weighted by Crippen LogP contribution is 2.28. The summed E-state index contributed by atoms with van der Waals surface area (Å²) in [6.07, 6.45) is 3.47. The second-order valence-electron chi connectivity index (χ2n) is 4.04. The van der Waals surface area contributed by atoms with E-state index in [4.69, 9.17) is 4.18 Å². The third-order valence-electron chi connectivity index (χ3n) is 2.61. The predicted octanol–water partition coefficient (Wildman–Crippen LogP) is 3.46. The molecule has 3 rings (SSSR count). The molecule has 3 aromatic rings. The van der Waals surface area contributed by atoms with Gasteiger partial charge in [0, 0.05) is 12.4 Å². The van der Waals surface area contributed by atoms with Gasteiger partial charge in [0.1, 0.15) is 5.75 Å². The van der Waals surface area contributed by atoms with Crippen LogP contribution in [0.25, 0.3) is 5.69 Å². The number of hydrogen-bond acceptors (Lipinski definition) is 5. The maximum absolute atomic E-state index is 12.1. The fourth-order valence-electron chi connectivity index (χ4n) is 1.68. The van der Waals surface area contributed by atoms with Gasteiger partial charge in [-0.3, -0.25) is 0 Å². The molecule has 0 bridgehead atoms. The molecule has 0 aliphatic heterocycles. The summed E-state index contributed by atoms with van der Waals surface area (Å²) in [5, 5.41) is 4.10. The second-order valence-corrected chi connectivity index (χ2v) is 8.28. The van der Waals surface area contributed by atoms with Crippen LogP contribution in [0.4, 0.5) is 0 Å². The first kappa shape index (κ1) is 14.3. The van der Waals surface area contributed by atoms with E-state index in [2.05, 4.69) is 21.0 Å². The van der Waals surface area contributed by atoms with Gasteiger partial charge in [-0.05, 0) is 58.4 Å². The first-order chi connectivity index (χ1) is 10.0. The van der Waals surface area contributed by atoms with Gasteiger partial charge in [0.05, 0.1) is 9.47 Å². The number of halogens is 1. The van der Waals surface area contributed by atoms with E-state index in [0.717, 1.165) is 20.8 Å². The average Bonchev–Trinajstić information content (AvgIpc) is 3.10. The highest BCUT2D eigenvalue weighted by atomic mass is 79.9. The van der Waals surface area contributed by atoms with E-state index in [1.807, 2.05) is 6.07 Å². The first-order valence-electron chi connectivity index (χ1n) is 5.84. The molecule has 0 amide bonds. The molecule has 0 radical (unpaired) electrons. The fourth-order valence-corrected chi connectivity index (χ4v) is 4.58. The maximum atomic E-state index is 12.1. The topological polar surface area (TPSA) is 61.2 Å². The number of benzene rings is 1. The normalized spacial score (nSPS) is 11.5. The van der Waals surface area contributed by atoms with Crippen LogP contribution in [-0.4, -0.2) is 18.2 Å². The lowest BCUT2D eigenvalue weighted by Gasteiger charge is -2.06. The van der Waals surface area contributed by atoms with E-state index in [1.165, 1.54) is 6.07 Å². The molecule has 5 nitrogen and oxygen atoms in total. The Bertz CT molecular complexity index is 840. The number of nitrogens with zero attached hydrogens (tertiary/aromatic N) is 2. The van der Waals surface area contributed by atoms with Crippen LogP contribution in [0.15, 0.2) is 62.9 Å². The molecule has 108 valence electrons. The van der Waals surface area contributed by atoms with Gasteiger partial charge < -0.3 is 4.18 Å². The zero-order valence-electron chi connectivity index (χ0n) is 10.5. The molecule has 0 saturated carbocycles. The van der Waals surface area contributed by atoms with Crippen LogP contribution in [0.2, 0.25) is 0 Å². The van der Waals surface area contributed by atoms with Crippen LogP contribution >= 0.6 is 27.3 Å². The summed E-state index contributed by atoms with van der Waals surface area (Å²) in [6.45, 7) is 0. The second kappa shape index (κ2) is 5.63. The lowest BCUT2D eigenvalue weighted by atomic mass is 10.3. The van der Waals surface area contributed by atoms with E-state index >= 15 is 0 Å². The van der Waals surface area contributed by atoms with Gasteiger partial charge in [0.25, 0.3) is 0 Å². The molecular formula is C13H9BrN2O3S2. The minimum Gasteiger partial charge on any atom is -0.378 e. The van der Waals surface area contributed by atoms with Gasteiger partial charge in [0.2, 0.25) is 0 Å². The molecule has 0 saturated heterocycles. The minimum absolute atomic E-state index is 0.158. The van der Waals surface area contributed by atoms with Crippen molar-refractivity contribution in [1.82, 2.24) is 9.78 Å². The highest BCUT2D eigenvalue weighted by molar-refractivity contribution is 9.11. The predicted molar refractivity (Wildman–Crippen MR) is 83.4 cm³/mol. The van der Waals surface area contributed by atoms with Crippen LogP contribution in [0.3, 0.4) is 0 Å². The van der Waals surface area contributed by atoms with Crippen molar-refractivity contribution in [1.29, 1.82) is 0 Å². The summed E-state index contributed by atoms with van der Waals surface area (Å²) < 4.78 is 31.8. The number of hydrogen-bond donors (Lipinski definition) is 0. The molecule has 2 aromatic heterocycles. The highest BCUT2D eigenvalue weighted by Gasteiger charge is 2.19. The first-order valence-corrected chi connectivity index (χ1v) is 8.86. The standard InChI is InChI=1S/C13H9BrN2O3S2/c14-12-6-7-13(20-12)21(17,18)19-11-4-2-10(3-5-11)16-9-1-8-15-16/h1-9H. The monoisotopic (exact) mass is 384 g/mol. The third-order valence-corrected chi connectivity index (χ3v) is 5.93. The Morgan fingerprint density at radius 1 is 1.14 bits per heavy atom. The molecule has 21 heavy (non-hydrogen) atoms. The summed E-state index contributed by atoms with van der Waals surface area (Å²) in [6, 6.07) is 11.6. The van der Waals surface area contributed by atoms with Crippen molar-refractivity contribution in [3.05, 3.63) is 58.6 Å². The Hall–Kier alpha value is -1.64. The van der Waals surface area contributed by atoms with E-state index in [0.29, 0.717) is 0 Å². The van der Waals surface area contributed by atoms with E-state index in [-0.39, 0.29) is 9.96 Å². The van der Waals surface area contributed by atoms with E-state index in [1.54, 1.807) is 47.4 Å². The molecule has 2 heterocycles. The molecule has 0 atom stereocenters. The quantitative estimate of drug-likeness (QED) is 0.646. The minimum atomic E-state index is -3.79. The molecule has 0 spiro atoms. The van der Waals surface area contributed by atoms with E-state index in [9.17, 15) is 8.42 Å². The summed E-state index contributed by atoms with van der Waals surface area (Å²) >= 11 is 4.34. The Balaban J connectivity index is 1.82. The fraction of sp³-hybridized carbons (Fsp3) is 0. The van der Waals surface area contributed by atoms with Gasteiger partial charge in [-0.2, -0.15) is 13.5 Å². The van der Waals surface area contributed by atoms with Crippen molar-refractivity contribution in [2.24, 2.45) is 0 Å². The Labute approximate surface area is 134 Å². The molecule has 0 aliphatic carbocycles.